The van der Waals surface area contributed by atoms with Crippen molar-refractivity contribution in [2.24, 2.45) is 0 Å². The Morgan fingerprint density at radius 1 is 1.05 bits per heavy atom. The molecule has 0 radical (unpaired) electrons. The Hall–Kier alpha value is -1.06. The molecule has 0 amide bonds. The summed E-state index contributed by atoms with van der Waals surface area (Å²) in [6.07, 6.45) is -0.465. The largest absolute Gasteiger partial charge is 0.382 e. The minimum atomic E-state index is -0.465. The summed E-state index contributed by atoms with van der Waals surface area (Å²) in [5.74, 6) is 0. The zero-order valence-corrected chi connectivity index (χ0v) is 11.9. The summed E-state index contributed by atoms with van der Waals surface area (Å²) >= 11 is 11.9. The van der Waals surface area contributed by atoms with Crippen LogP contribution in [-0.4, -0.2) is 11.7 Å². The molecule has 2 rings (SSSR count). The lowest BCUT2D eigenvalue weighted by Crippen LogP contribution is -2.83. The van der Waals surface area contributed by atoms with Crippen LogP contribution in [0.25, 0.3) is 0 Å². The maximum atomic E-state index is 10.0. The number of benzene rings is 2. The number of hydrogen-bond acceptors (Lipinski definition) is 1. The van der Waals surface area contributed by atoms with E-state index in [4.69, 9.17) is 23.2 Å². The minimum absolute atomic E-state index is 0.465. The second-order valence-electron chi connectivity index (χ2n) is 4.39. The highest BCUT2D eigenvalue weighted by molar-refractivity contribution is 6.35. The Morgan fingerprint density at radius 3 is 2.47 bits per heavy atom. The van der Waals surface area contributed by atoms with Gasteiger partial charge in [-0.25, -0.2) is 0 Å². The van der Waals surface area contributed by atoms with Gasteiger partial charge in [0.05, 0.1) is 5.02 Å². The molecule has 0 unspecified atom stereocenters. The van der Waals surface area contributed by atoms with E-state index < -0.39 is 6.10 Å². The third-order valence-electron chi connectivity index (χ3n) is 2.95. The first kappa shape index (κ1) is 14.4. The van der Waals surface area contributed by atoms with Crippen molar-refractivity contribution in [1.29, 1.82) is 0 Å². The summed E-state index contributed by atoms with van der Waals surface area (Å²) in [4.78, 5) is 0. The van der Waals surface area contributed by atoms with Crippen molar-refractivity contribution in [3.63, 3.8) is 0 Å². The third kappa shape index (κ3) is 4.22. The zero-order valence-electron chi connectivity index (χ0n) is 10.4. The summed E-state index contributed by atoms with van der Waals surface area (Å²) in [7, 11) is 0. The molecule has 2 aromatic carbocycles. The molecule has 0 aliphatic rings. The minimum Gasteiger partial charge on any atom is -0.382 e. The van der Waals surface area contributed by atoms with Crippen molar-refractivity contribution >= 4 is 23.2 Å². The first-order chi connectivity index (χ1) is 9.16. The quantitative estimate of drug-likeness (QED) is 0.875. The van der Waals surface area contributed by atoms with Crippen molar-refractivity contribution in [3.8, 4) is 0 Å². The lowest BCUT2D eigenvalue weighted by Gasteiger charge is -2.10. The van der Waals surface area contributed by atoms with Gasteiger partial charge < -0.3 is 10.4 Å². The number of nitrogens with two attached hydrogens (primary N) is 1. The van der Waals surface area contributed by atoms with Crippen LogP contribution >= 0.6 is 23.2 Å². The molecule has 0 heterocycles. The summed E-state index contributed by atoms with van der Waals surface area (Å²) in [6.45, 7) is 1.32. The SMILES string of the molecule is O[C@H](C[NH2+]Cc1ccc(Cl)cc1Cl)c1ccccc1. The first-order valence-electron chi connectivity index (χ1n) is 6.15. The van der Waals surface area contributed by atoms with Gasteiger partial charge in [-0.3, -0.25) is 0 Å². The van der Waals surface area contributed by atoms with Gasteiger partial charge in [-0.15, -0.1) is 0 Å². The molecule has 4 heteroatoms. The second kappa shape index (κ2) is 6.92. The Morgan fingerprint density at radius 2 is 1.79 bits per heavy atom. The van der Waals surface area contributed by atoms with Crippen LogP contribution in [0.3, 0.4) is 0 Å². The molecular formula is C15H16Cl2NO+. The van der Waals surface area contributed by atoms with Crippen LogP contribution in [0.1, 0.15) is 17.2 Å². The molecule has 0 fully saturated rings. The molecule has 0 bridgehead atoms. The summed E-state index contributed by atoms with van der Waals surface area (Å²) in [5, 5.41) is 13.4. The van der Waals surface area contributed by atoms with E-state index in [2.05, 4.69) is 0 Å². The second-order valence-corrected chi connectivity index (χ2v) is 5.23. The predicted molar refractivity (Wildman–Crippen MR) is 78.4 cm³/mol. The van der Waals surface area contributed by atoms with Gasteiger partial charge in [0, 0.05) is 10.6 Å². The smallest absolute Gasteiger partial charge is 0.128 e. The van der Waals surface area contributed by atoms with E-state index in [1.807, 2.05) is 47.8 Å². The number of aliphatic hydroxyl groups is 1. The molecule has 0 spiro atoms. The molecule has 3 N–H and O–H groups in total. The fourth-order valence-electron chi connectivity index (χ4n) is 1.90. The lowest BCUT2D eigenvalue weighted by atomic mass is 10.1. The monoisotopic (exact) mass is 296 g/mol. The Labute approximate surface area is 123 Å². The molecular weight excluding hydrogens is 281 g/mol. The molecule has 0 saturated heterocycles. The van der Waals surface area contributed by atoms with Gasteiger partial charge in [0.1, 0.15) is 19.2 Å². The summed E-state index contributed by atoms with van der Waals surface area (Å²) in [5.41, 5.74) is 1.95. The molecule has 0 aliphatic heterocycles. The van der Waals surface area contributed by atoms with Crippen LogP contribution in [0.15, 0.2) is 48.5 Å². The van der Waals surface area contributed by atoms with Crippen molar-refractivity contribution in [3.05, 3.63) is 69.7 Å². The average molecular weight is 297 g/mol. The molecule has 0 saturated carbocycles. The molecule has 1 atom stereocenters. The number of rotatable bonds is 5. The normalized spacial score (nSPS) is 12.4. The van der Waals surface area contributed by atoms with Crippen molar-refractivity contribution < 1.29 is 10.4 Å². The van der Waals surface area contributed by atoms with Crippen LogP contribution in [0, 0.1) is 0 Å². The topological polar surface area (TPSA) is 36.8 Å². The number of aliphatic hydroxyl groups excluding tert-OH is 1. The molecule has 100 valence electrons. The van der Waals surface area contributed by atoms with Crippen molar-refractivity contribution in [2.45, 2.75) is 12.6 Å². The number of halogens is 2. The lowest BCUT2D eigenvalue weighted by molar-refractivity contribution is -0.677. The predicted octanol–water partition coefficient (Wildman–Crippen LogP) is 2.79. The van der Waals surface area contributed by atoms with Gasteiger partial charge in [-0.1, -0.05) is 59.6 Å². The van der Waals surface area contributed by atoms with Crippen LogP contribution in [-0.2, 0) is 6.54 Å². The Bertz CT molecular complexity index is 531. The van der Waals surface area contributed by atoms with Gasteiger partial charge in [0.25, 0.3) is 0 Å². The fraction of sp³-hybridized carbons (Fsp3) is 0.200. The zero-order chi connectivity index (χ0) is 13.7. The van der Waals surface area contributed by atoms with E-state index in [0.717, 1.165) is 17.7 Å². The van der Waals surface area contributed by atoms with Gasteiger partial charge in [-0.05, 0) is 17.7 Å². The van der Waals surface area contributed by atoms with E-state index >= 15 is 0 Å². The summed E-state index contributed by atoms with van der Waals surface area (Å²) < 4.78 is 0. The van der Waals surface area contributed by atoms with Crippen molar-refractivity contribution in [2.75, 3.05) is 6.54 Å². The third-order valence-corrected chi connectivity index (χ3v) is 3.54. The highest BCUT2D eigenvalue weighted by atomic mass is 35.5. The van der Waals surface area contributed by atoms with Crippen LogP contribution in [0.5, 0.6) is 0 Å². The Kier molecular flexibility index (Phi) is 5.23. The molecule has 0 aromatic heterocycles. The Balaban J connectivity index is 1.86. The average Bonchev–Trinajstić information content (AvgIpc) is 2.42. The highest BCUT2D eigenvalue weighted by Crippen LogP contribution is 2.20. The molecule has 0 aliphatic carbocycles. The van der Waals surface area contributed by atoms with Crippen LogP contribution < -0.4 is 5.32 Å². The van der Waals surface area contributed by atoms with E-state index in [1.165, 1.54) is 0 Å². The van der Waals surface area contributed by atoms with Crippen LogP contribution in [0.2, 0.25) is 10.0 Å². The van der Waals surface area contributed by atoms with Gasteiger partial charge in [-0.2, -0.15) is 0 Å². The summed E-state index contributed by atoms with van der Waals surface area (Å²) in [6, 6.07) is 15.1. The van der Waals surface area contributed by atoms with E-state index in [0.29, 0.717) is 16.6 Å². The van der Waals surface area contributed by atoms with Crippen molar-refractivity contribution in [1.82, 2.24) is 0 Å². The molecule has 19 heavy (non-hydrogen) atoms. The van der Waals surface area contributed by atoms with E-state index in [9.17, 15) is 5.11 Å². The van der Waals surface area contributed by atoms with Gasteiger partial charge in [0.15, 0.2) is 0 Å². The van der Waals surface area contributed by atoms with Crippen LogP contribution in [0.4, 0.5) is 0 Å². The van der Waals surface area contributed by atoms with E-state index in [-0.39, 0.29) is 0 Å². The van der Waals surface area contributed by atoms with Gasteiger partial charge >= 0.3 is 0 Å². The highest BCUT2D eigenvalue weighted by Gasteiger charge is 2.09. The first-order valence-corrected chi connectivity index (χ1v) is 6.91. The fourth-order valence-corrected chi connectivity index (χ4v) is 2.38. The maximum absolute atomic E-state index is 10.0. The standard InChI is InChI=1S/C15H15Cl2NO/c16-13-7-6-12(14(17)8-13)9-18-10-15(19)11-4-2-1-3-5-11/h1-8,15,18-19H,9-10H2/p+1/t15-/m1/s1. The molecule has 2 aromatic rings. The number of hydrogen-bond donors (Lipinski definition) is 2. The molecule has 2 nitrogen and oxygen atoms in total. The van der Waals surface area contributed by atoms with E-state index in [1.54, 1.807) is 6.07 Å². The number of quaternary nitrogens is 1. The van der Waals surface area contributed by atoms with Gasteiger partial charge in [0.2, 0.25) is 0 Å². The maximum Gasteiger partial charge on any atom is 0.128 e.